The lowest BCUT2D eigenvalue weighted by Crippen LogP contribution is -2.31. The van der Waals surface area contributed by atoms with E-state index in [1.807, 2.05) is 6.20 Å². The zero-order valence-corrected chi connectivity index (χ0v) is 12.1. The van der Waals surface area contributed by atoms with Crippen molar-refractivity contribution in [3.63, 3.8) is 0 Å². The minimum absolute atomic E-state index is 0.594. The number of rotatable bonds is 3. The number of hydrogen-bond acceptors (Lipinski definition) is 3. The Kier molecular flexibility index (Phi) is 2.97. The number of nitrogens with zero attached hydrogens (tertiary/aromatic N) is 4. The highest BCUT2D eigenvalue weighted by atomic mass is 15.3. The fraction of sp³-hybridized carbons (Fsp3) is 0.294. The lowest BCUT2D eigenvalue weighted by Gasteiger charge is -2.24. The first-order chi connectivity index (χ1) is 10.3. The van der Waals surface area contributed by atoms with Crippen molar-refractivity contribution in [3.8, 4) is 0 Å². The van der Waals surface area contributed by atoms with Crippen molar-refractivity contribution in [2.45, 2.75) is 25.4 Å². The highest BCUT2D eigenvalue weighted by molar-refractivity contribution is 5.39. The van der Waals surface area contributed by atoms with Crippen LogP contribution in [0.3, 0.4) is 0 Å². The van der Waals surface area contributed by atoms with Gasteiger partial charge in [0.15, 0.2) is 5.65 Å². The second-order valence-corrected chi connectivity index (χ2v) is 5.84. The summed E-state index contributed by atoms with van der Waals surface area (Å²) in [5, 5.41) is 4.14. The fourth-order valence-corrected chi connectivity index (χ4v) is 3.22. The first-order valence-corrected chi connectivity index (χ1v) is 7.35. The molecule has 2 aromatic heterocycles. The number of pyridine rings is 1. The largest absolute Gasteiger partial charge is 0.299 e. The van der Waals surface area contributed by atoms with Crippen molar-refractivity contribution in [2.24, 2.45) is 0 Å². The summed E-state index contributed by atoms with van der Waals surface area (Å²) in [5.41, 5.74) is 5.20. The molecule has 0 bridgehead atoms. The lowest BCUT2D eigenvalue weighted by molar-refractivity contribution is 0.241. The minimum atomic E-state index is 0.594. The van der Waals surface area contributed by atoms with Gasteiger partial charge >= 0.3 is 0 Å². The molecule has 4 nitrogen and oxygen atoms in total. The van der Waals surface area contributed by atoms with Gasteiger partial charge in [-0.15, -0.1) is 0 Å². The second kappa shape index (κ2) is 4.97. The van der Waals surface area contributed by atoms with Crippen molar-refractivity contribution in [3.05, 3.63) is 65.6 Å². The van der Waals surface area contributed by atoms with Gasteiger partial charge in [0.25, 0.3) is 0 Å². The molecule has 0 spiro atoms. The predicted octanol–water partition coefficient (Wildman–Crippen LogP) is 2.33. The number of aromatic nitrogens is 3. The molecule has 4 heteroatoms. The average molecular weight is 278 g/mol. The molecule has 1 aliphatic carbocycles. The molecule has 0 saturated heterocycles. The van der Waals surface area contributed by atoms with Gasteiger partial charge in [-0.1, -0.05) is 24.3 Å². The Bertz CT molecular complexity index is 752. The number of likely N-dealkylation sites (N-methyl/N-ethyl adjacent to an activating group) is 1. The molecule has 0 saturated carbocycles. The van der Waals surface area contributed by atoms with Crippen LogP contribution < -0.4 is 0 Å². The van der Waals surface area contributed by atoms with Gasteiger partial charge in [-0.25, -0.2) is 9.50 Å². The highest BCUT2D eigenvalue weighted by Crippen LogP contribution is 2.25. The maximum absolute atomic E-state index is 4.25. The third-order valence-electron chi connectivity index (χ3n) is 4.43. The van der Waals surface area contributed by atoms with Crippen LogP contribution in [-0.2, 0) is 19.4 Å². The van der Waals surface area contributed by atoms with Crippen LogP contribution in [-0.4, -0.2) is 32.6 Å². The molecular weight excluding hydrogens is 260 g/mol. The molecule has 2 heterocycles. The summed E-state index contributed by atoms with van der Waals surface area (Å²) in [4.78, 5) is 6.70. The summed E-state index contributed by atoms with van der Waals surface area (Å²) in [6.45, 7) is 0.946. The Morgan fingerprint density at radius 2 is 1.95 bits per heavy atom. The molecule has 21 heavy (non-hydrogen) atoms. The minimum Gasteiger partial charge on any atom is -0.299 e. The first-order valence-electron chi connectivity index (χ1n) is 7.35. The summed E-state index contributed by atoms with van der Waals surface area (Å²) in [6, 6.07) is 13.6. The van der Waals surface area contributed by atoms with Crippen LogP contribution in [0.25, 0.3) is 5.65 Å². The molecule has 0 N–H and O–H groups in total. The van der Waals surface area contributed by atoms with Gasteiger partial charge in [0.2, 0.25) is 0 Å². The van der Waals surface area contributed by atoms with Crippen LogP contribution in [0.5, 0.6) is 0 Å². The standard InChI is InChI=1S/C17H18N4/c1-20(16-9-14-4-2-3-5-15(14)10-16)11-13-6-7-21-17(8-13)18-12-19-21/h2-8,12,16H,9-11H2,1H3. The van der Waals surface area contributed by atoms with Crippen LogP contribution in [0.4, 0.5) is 0 Å². The van der Waals surface area contributed by atoms with Crippen LogP contribution in [0, 0.1) is 0 Å². The normalized spacial score (nSPS) is 15.0. The average Bonchev–Trinajstić information content (AvgIpc) is 3.13. The summed E-state index contributed by atoms with van der Waals surface area (Å²) >= 11 is 0. The van der Waals surface area contributed by atoms with E-state index in [-0.39, 0.29) is 0 Å². The Hall–Kier alpha value is -2.20. The summed E-state index contributed by atoms with van der Waals surface area (Å²) < 4.78 is 1.80. The Morgan fingerprint density at radius 1 is 1.19 bits per heavy atom. The summed E-state index contributed by atoms with van der Waals surface area (Å²) in [7, 11) is 2.21. The third-order valence-corrected chi connectivity index (χ3v) is 4.43. The van der Waals surface area contributed by atoms with E-state index in [9.17, 15) is 0 Å². The van der Waals surface area contributed by atoms with Crippen LogP contribution >= 0.6 is 0 Å². The molecule has 1 aromatic carbocycles. The van der Waals surface area contributed by atoms with Crippen molar-refractivity contribution in [1.29, 1.82) is 0 Å². The monoisotopic (exact) mass is 278 g/mol. The zero-order valence-electron chi connectivity index (χ0n) is 12.1. The molecule has 0 amide bonds. The number of fused-ring (bicyclic) bond motifs is 2. The number of benzene rings is 1. The second-order valence-electron chi connectivity index (χ2n) is 5.84. The quantitative estimate of drug-likeness (QED) is 0.737. The van der Waals surface area contributed by atoms with Crippen molar-refractivity contribution in [1.82, 2.24) is 19.5 Å². The van der Waals surface area contributed by atoms with E-state index in [1.54, 1.807) is 10.8 Å². The van der Waals surface area contributed by atoms with Crippen LogP contribution in [0.2, 0.25) is 0 Å². The zero-order chi connectivity index (χ0) is 14.2. The third kappa shape index (κ3) is 2.32. The molecule has 0 fully saturated rings. The number of hydrogen-bond donors (Lipinski definition) is 0. The van der Waals surface area contributed by atoms with E-state index in [0.717, 1.165) is 25.0 Å². The molecule has 106 valence electrons. The van der Waals surface area contributed by atoms with Crippen LogP contribution in [0.1, 0.15) is 16.7 Å². The van der Waals surface area contributed by atoms with E-state index in [4.69, 9.17) is 0 Å². The maximum atomic E-state index is 4.25. The van der Waals surface area contributed by atoms with Crippen molar-refractivity contribution in [2.75, 3.05) is 7.05 Å². The predicted molar refractivity (Wildman–Crippen MR) is 82.1 cm³/mol. The van der Waals surface area contributed by atoms with Gasteiger partial charge in [0.1, 0.15) is 6.33 Å². The highest BCUT2D eigenvalue weighted by Gasteiger charge is 2.24. The molecule has 0 aliphatic heterocycles. The van der Waals surface area contributed by atoms with E-state index >= 15 is 0 Å². The smallest absolute Gasteiger partial charge is 0.155 e. The van der Waals surface area contributed by atoms with Gasteiger partial charge < -0.3 is 0 Å². The van der Waals surface area contributed by atoms with Gasteiger partial charge in [0.05, 0.1) is 0 Å². The SMILES string of the molecule is CN(Cc1ccn2ncnc2c1)C1Cc2ccccc2C1. The fourth-order valence-electron chi connectivity index (χ4n) is 3.22. The Morgan fingerprint density at radius 3 is 2.71 bits per heavy atom. The summed E-state index contributed by atoms with van der Waals surface area (Å²) in [5.74, 6) is 0. The molecule has 0 radical (unpaired) electrons. The van der Waals surface area contributed by atoms with E-state index in [2.05, 4.69) is 58.4 Å². The van der Waals surface area contributed by atoms with E-state index in [1.165, 1.54) is 16.7 Å². The Labute approximate surface area is 124 Å². The maximum Gasteiger partial charge on any atom is 0.155 e. The molecule has 0 unspecified atom stereocenters. The van der Waals surface area contributed by atoms with Gasteiger partial charge in [0, 0.05) is 18.8 Å². The van der Waals surface area contributed by atoms with Crippen molar-refractivity contribution < 1.29 is 0 Å². The van der Waals surface area contributed by atoms with Crippen LogP contribution in [0.15, 0.2) is 48.9 Å². The van der Waals surface area contributed by atoms with E-state index in [0.29, 0.717) is 6.04 Å². The molecule has 3 aromatic rings. The van der Waals surface area contributed by atoms with E-state index < -0.39 is 0 Å². The van der Waals surface area contributed by atoms with Gasteiger partial charge in [-0.2, -0.15) is 5.10 Å². The van der Waals surface area contributed by atoms with Gasteiger partial charge in [-0.3, -0.25) is 4.90 Å². The molecular formula is C17H18N4. The van der Waals surface area contributed by atoms with Gasteiger partial charge in [-0.05, 0) is 48.7 Å². The first kappa shape index (κ1) is 12.5. The molecule has 0 atom stereocenters. The lowest BCUT2D eigenvalue weighted by atomic mass is 10.1. The molecule has 1 aliphatic rings. The van der Waals surface area contributed by atoms with Crippen molar-refractivity contribution >= 4 is 5.65 Å². The topological polar surface area (TPSA) is 33.4 Å². The summed E-state index contributed by atoms with van der Waals surface area (Å²) in [6.07, 6.45) is 5.88. The molecule has 4 rings (SSSR count). The Balaban J connectivity index is 1.50.